The van der Waals surface area contributed by atoms with Crippen molar-refractivity contribution in [3.05, 3.63) is 138 Å². The van der Waals surface area contributed by atoms with Gasteiger partial charge in [0.25, 0.3) is 0 Å². The second kappa shape index (κ2) is 14.6. The topological polar surface area (TPSA) is 57.1 Å². The zero-order chi connectivity index (χ0) is 26.4. The summed E-state index contributed by atoms with van der Waals surface area (Å²) in [5.41, 5.74) is 3.71. The van der Waals surface area contributed by atoms with Crippen molar-refractivity contribution in [2.45, 2.75) is 25.7 Å². The van der Waals surface area contributed by atoms with E-state index >= 15 is 0 Å². The Balaban J connectivity index is 0.000000204. The smallest absolute Gasteiger partial charge is 0.338 e. The molecule has 1 saturated heterocycles. The number of carbonyl (C=O) groups excluding carboxylic acids is 1. The fourth-order valence-electron chi connectivity index (χ4n) is 4.03. The van der Waals surface area contributed by atoms with Crippen LogP contribution in [0.4, 0.5) is 5.69 Å². The number of hydrogen-bond acceptors (Lipinski definition) is 5. The minimum atomic E-state index is -0.301. The van der Waals surface area contributed by atoms with Crippen LogP contribution in [0.1, 0.15) is 41.1 Å². The fraction of sp³-hybridized carbons (Fsp3) is 0.212. The molecule has 5 rings (SSSR count). The van der Waals surface area contributed by atoms with E-state index in [0.717, 1.165) is 23.2 Å². The third-order valence-electron chi connectivity index (χ3n) is 5.94. The molecule has 5 heteroatoms. The van der Waals surface area contributed by atoms with E-state index in [1.165, 1.54) is 0 Å². The van der Waals surface area contributed by atoms with Crippen LogP contribution in [0.3, 0.4) is 0 Å². The van der Waals surface area contributed by atoms with Crippen molar-refractivity contribution < 1.29 is 19.0 Å². The molecule has 0 radical (unpaired) electrons. The van der Waals surface area contributed by atoms with Gasteiger partial charge in [-0.1, -0.05) is 97.1 Å². The third kappa shape index (κ3) is 8.80. The van der Waals surface area contributed by atoms with Gasteiger partial charge in [-0.05, 0) is 43.2 Å². The van der Waals surface area contributed by atoms with Gasteiger partial charge in [0.1, 0.15) is 0 Å². The molecule has 1 aliphatic rings. The summed E-state index contributed by atoms with van der Waals surface area (Å²) in [4.78, 5) is 16.4. The molecule has 4 aromatic carbocycles. The molecule has 0 spiro atoms. The zero-order valence-electron chi connectivity index (χ0n) is 21.6. The highest BCUT2D eigenvalue weighted by atomic mass is 16.7. The van der Waals surface area contributed by atoms with Crippen LogP contribution in [0.5, 0.6) is 0 Å². The number of hydrogen-bond donors (Lipinski definition) is 0. The molecule has 0 amide bonds. The van der Waals surface area contributed by atoms with Gasteiger partial charge >= 0.3 is 5.97 Å². The lowest BCUT2D eigenvalue weighted by Crippen LogP contribution is -2.30. The van der Waals surface area contributed by atoms with E-state index in [2.05, 4.69) is 4.99 Å². The highest BCUT2D eigenvalue weighted by Crippen LogP contribution is 2.27. The van der Waals surface area contributed by atoms with Crippen LogP contribution in [-0.2, 0) is 14.2 Å². The van der Waals surface area contributed by atoms with Crippen molar-refractivity contribution in [1.29, 1.82) is 0 Å². The minimum absolute atomic E-state index is 0.178. The van der Waals surface area contributed by atoms with Gasteiger partial charge in [0.15, 0.2) is 6.29 Å². The Labute approximate surface area is 224 Å². The van der Waals surface area contributed by atoms with E-state index in [1.807, 2.05) is 122 Å². The number of esters is 1. The quantitative estimate of drug-likeness (QED) is 0.193. The average molecular weight is 508 g/mol. The van der Waals surface area contributed by atoms with Crippen LogP contribution in [0, 0.1) is 5.92 Å². The molecule has 0 aliphatic carbocycles. The second-order valence-corrected chi connectivity index (χ2v) is 9.10. The predicted molar refractivity (Wildman–Crippen MR) is 151 cm³/mol. The normalized spacial score (nSPS) is 17.7. The van der Waals surface area contributed by atoms with E-state index in [4.69, 9.17) is 14.2 Å². The number of aliphatic imine (C=N–C) groups is 1. The van der Waals surface area contributed by atoms with Gasteiger partial charge < -0.3 is 14.2 Å². The first-order chi connectivity index (χ1) is 18.7. The molecule has 38 heavy (non-hydrogen) atoms. The lowest BCUT2D eigenvalue weighted by Gasteiger charge is -2.30. The molecule has 0 aromatic heterocycles. The van der Waals surface area contributed by atoms with Crippen LogP contribution in [-0.4, -0.2) is 31.5 Å². The Morgan fingerprint density at radius 1 is 0.816 bits per heavy atom. The maximum Gasteiger partial charge on any atom is 0.338 e. The molecule has 1 aliphatic heterocycles. The molecule has 0 bridgehead atoms. The summed E-state index contributed by atoms with van der Waals surface area (Å²) in [5, 5.41) is 0. The van der Waals surface area contributed by atoms with E-state index < -0.39 is 0 Å². The summed E-state index contributed by atoms with van der Waals surface area (Å²) in [6.45, 7) is 3.11. The monoisotopic (exact) mass is 507 g/mol. The second-order valence-electron chi connectivity index (χ2n) is 9.10. The van der Waals surface area contributed by atoms with Crippen LogP contribution in [0.15, 0.2) is 126 Å². The Hall–Kier alpha value is -4.06. The highest BCUT2D eigenvalue weighted by molar-refractivity contribution is 5.89. The first kappa shape index (κ1) is 27.0. The van der Waals surface area contributed by atoms with Gasteiger partial charge in [0, 0.05) is 17.7 Å². The largest absolute Gasteiger partial charge is 0.459 e. The minimum Gasteiger partial charge on any atom is -0.459 e. The van der Waals surface area contributed by atoms with Crippen LogP contribution in [0.25, 0.3) is 0 Å². The van der Waals surface area contributed by atoms with Gasteiger partial charge in [-0.15, -0.1) is 0 Å². The predicted octanol–water partition coefficient (Wildman–Crippen LogP) is 7.42. The summed E-state index contributed by atoms with van der Waals surface area (Å²) in [6, 6.07) is 39.0. The Kier molecular flexibility index (Phi) is 10.4. The van der Waals surface area contributed by atoms with Gasteiger partial charge in [0.05, 0.1) is 30.6 Å². The Morgan fingerprint density at radius 2 is 1.34 bits per heavy atom. The number of rotatable bonds is 7. The fourth-order valence-corrected chi connectivity index (χ4v) is 4.03. The summed E-state index contributed by atoms with van der Waals surface area (Å²) >= 11 is 0. The molecule has 1 heterocycles. The maximum absolute atomic E-state index is 12.0. The molecular formula is C33H33NO4. The first-order valence-electron chi connectivity index (χ1n) is 12.9. The molecule has 0 N–H and O–H groups in total. The van der Waals surface area contributed by atoms with E-state index in [-0.39, 0.29) is 24.3 Å². The number of carbonyl (C=O) groups is 1. The molecule has 4 aromatic rings. The van der Waals surface area contributed by atoms with Gasteiger partial charge in [-0.25, -0.2) is 4.79 Å². The van der Waals surface area contributed by atoms with Crippen molar-refractivity contribution in [2.75, 3.05) is 13.2 Å². The summed E-state index contributed by atoms with van der Waals surface area (Å²) < 4.78 is 17.1. The molecule has 0 saturated carbocycles. The third-order valence-corrected chi connectivity index (χ3v) is 5.94. The van der Waals surface area contributed by atoms with Gasteiger partial charge in [-0.2, -0.15) is 0 Å². The SMILES string of the molecule is C(=N\c1ccccc1)/c1ccccc1.CC(CC1COC(c2ccccc2)OC1)OC(=O)c1ccccc1. The van der Waals surface area contributed by atoms with Crippen LogP contribution >= 0.6 is 0 Å². The lowest BCUT2D eigenvalue weighted by molar-refractivity contribution is -0.208. The zero-order valence-corrected chi connectivity index (χ0v) is 21.6. The molecular weight excluding hydrogens is 474 g/mol. The van der Waals surface area contributed by atoms with Crippen molar-refractivity contribution in [2.24, 2.45) is 10.9 Å². The summed E-state index contributed by atoms with van der Waals surface area (Å²) in [6.07, 6.45) is 2.11. The molecule has 1 fully saturated rings. The summed E-state index contributed by atoms with van der Waals surface area (Å²) in [5.74, 6) is -0.0635. The number of nitrogens with zero attached hydrogens (tertiary/aromatic N) is 1. The Morgan fingerprint density at radius 3 is 1.95 bits per heavy atom. The average Bonchev–Trinajstić information content (AvgIpc) is 2.99. The van der Waals surface area contributed by atoms with E-state index in [0.29, 0.717) is 18.8 Å². The van der Waals surface area contributed by atoms with Gasteiger partial charge in [0.2, 0.25) is 0 Å². The van der Waals surface area contributed by atoms with E-state index in [9.17, 15) is 4.79 Å². The first-order valence-corrected chi connectivity index (χ1v) is 12.9. The number of benzene rings is 4. The van der Waals surface area contributed by atoms with Crippen LogP contribution < -0.4 is 0 Å². The Bertz CT molecular complexity index is 1200. The lowest BCUT2D eigenvalue weighted by atomic mass is 10.0. The standard InChI is InChI=1S/C20H22O4.C13H11N/c1-15(24-19(21)17-8-4-2-5-9-17)12-16-13-22-20(23-14-16)18-10-6-3-7-11-18;1-3-7-12(8-4-1)11-14-13-9-5-2-6-10-13/h2-11,15-16,20H,12-14H2,1H3;1-11H/b;14-11+. The van der Waals surface area contributed by atoms with Crippen molar-refractivity contribution in [3.8, 4) is 0 Å². The summed E-state index contributed by atoms with van der Waals surface area (Å²) in [7, 11) is 0. The molecule has 1 atom stereocenters. The number of para-hydroxylation sites is 1. The maximum atomic E-state index is 12.0. The van der Waals surface area contributed by atoms with Gasteiger partial charge in [-0.3, -0.25) is 4.99 Å². The number of ether oxygens (including phenoxy) is 3. The van der Waals surface area contributed by atoms with Crippen LogP contribution in [0.2, 0.25) is 0 Å². The van der Waals surface area contributed by atoms with Crippen molar-refractivity contribution >= 4 is 17.9 Å². The molecule has 1 unspecified atom stereocenters. The van der Waals surface area contributed by atoms with Crippen molar-refractivity contribution in [3.63, 3.8) is 0 Å². The molecule has 194 valence electrons. The molecule has 5 nitrogen and oxygen atoms in total. The highest BCUT2D eigenvalue weighted by Gasteiger charge is 2.26. The van der Waals surface area contributed by atoms with E-state index in [1.54, 1.807) is 12.1 Å². The van der Waals surface area contributed by atoms with Crippen molar-refractivity contribution in [1.82, 2.24) is 0 Å².